The number of nitrogens with zero attached hydrogens (tertiary/aromatic N) is 1. The standard InChI is InChI=1S/C10H15ClN4O2/c1-17-4-2-3-13-10(16)7-5-8(11)14-9(6-7)15-12/h5-6H,2-4,12H2,1H3,(H,13,16)(H,14,15). The Morgan fingerprint density at radius 2 is 2.35 bits per heavy atom. The SMILES string of the molecule is COCCCNC(=O)c1cc(Cl)nc(NN)c1. The van der Waals surface area contributed by atoms with E-state index in [1.807, 2.05) is 0 Å². The highest BCUT2D eigenvalue weighted by molar-refractivity contribution is 6.29. The Morgan fingerprint density at radius 3 is 3.00 bits per heavy atom. The number of carbonyl (C=O) groups excluding carboxylic acids is 1. The van der Waals surface area contributed by atoms with Crippen molar-refractivity contribution < 1.29 is 9.53 Å². The molecular formula is C10H15ClN4O2. The van der Waals surface area contributed by atoms with E-state index in [1.54, 1.807) is 7.11 Å². The number of anilines is 1. The highest BCUT2D eigenvalue weighted by Gasteiger charge is 2.08. The van der Waals surface area contributed by atoms with Crippen LogP contribution >= 0.6 is 11.6 Å². The van der Waals surface area contributed by atoms with Gasteiger partial charge in [-0.1, -0.05) is 11.6 Å². The average molecular weight is 259 g/mol. The summed E-state index contributed by atoms with van der Waals surface area (Å²) in [7, 11) is 1.61. The Kier molecular flexibility index (Phi) is 5.68. The van der Waals surface area contributed by atoms with E-state index in [0.29, 0.717) is 24.5 Å². The van der Waals surface area contributed by atoms with Gasteiger partial charge in [-0.25, -0.2) is 10.8 Å². The van der Waals surface area contributed by atoms with E-state index in [1.165, 1.54) is 12.1 Å². The maximum absolute atomic E-state index is 11.7. The summed E-state index contributed by atoms with van der Waals surface area (Å²) in [6.45, 7) is 1.14. The van der Waals surface area contributed by atoms with Crippen molar-refractivity contribution in [1.29, 1.82) is 0 Å². The number of aromatic nitrogens is 1. The van der Waals surface area contributed by atoms with Crippen molar-refractivity contribution in [3.63, 3.8) is 0 Å². The molecule has 0 radical (unpaired) electrons. The van der Waals surface area contributed by atoms with Gasteiger partial charge in [0.05, 0.1) is 0 Å². The molecule has 1 heterocycles. The van der Waals surface area contributed by atoms with Gasteiger partial charge in [-0.2, -0.15) is 0 Å². The highest BCUT2D eigenvalue weighted by atomic mass is 35.5. The molecule has 0 aliphatic carbocycles. The van der Waals surface area contributed by atoms with Gasteiger partial charge in [0.25, 0.3) is 5.91 Å². The number of amides is 1. The Bertz CT molecular complexity index is 387. The first-order valence-corrected chi connectivity index (χ1v) is 5.46. The summed E-state index contributed by atoms with van der Waals surface area (Å²) in [5.74, 6) is 5.33. The van der Waals surface area contributed by atoms with E-state index in [0.717, 1.165) is 6.42 Å². The Morgan fingerprint density at radius 1 is 1.59 bits per heavy atom. The van der Waals surface area contributed by atoms with Crippen LogP contribution in [0.2, 0.25) is 5.15 Å². The number of nitrogens with one attached hydrogen (secondary N) is 2. The molecule has 0 aliphatic heterocycles. The lowest BCUT2D eigenvalue weighted by Gasteiger charge is -2.06. The van der Waals surface area contributed by atoms with Crippen LogP contribution in [0.4, 0.5) is 5.82 Å². The average Bonchev–Trinajstić information content (AvgIpc) is 2.33. The summed E-state index contributed by atoms with van der Waals surface area (Å²) in [5.41, 5.74) is 2.76. The van der Waals surface area contributed by atoms with Gasteiger partial charge < -0.3 is 15.5 Å². The van der Waals surface area contributed by atoms with Crippen LogP contribution in [-0.4, -0.2) is 31.2 Å². The molecule has 1 amide bonds. The summed E-state index contributed by atoms with van der Waals surface area (Å²) < 4.78 is 4.88. The van der Waals surface area contributed by atoms with E-state index in [-0.39, 0.29) is 11.1 Å². The first-order chi connectivity index (χ1) is 8.17. The zero-order valence-corrected chi connectivity index (χ0v) is 10.3. The van der Waals surface area contributed by atoms with Crippen LogP contribution in [0.5, 0.6) is 0 Å². The number of rotatable bonds is 6. The van der Waals surface area contributed by atoms with Gasteiger partial charge >= 0.3 is 0 Å². The van der Waals surface area contributed by atoms with Crippen molar-refractivity contribution in [3.8, 4) is 0 Å². The number of nitrogens with two attached hydrogens (primary N) is 1. The minimum absolute atomic E-state index is 0.211. The summed E-state index contributed by atoms with van der Waals surface area (Å²) in [6.07, 6.45) is 0.753. The molecule has 7 heteroatoms. The topological polar surface area (TPSA) is 89.3 Å². The molecule has 0 spiro atoms. The van der Waals surface area contributed by atoms with Crippen molar-refractivity contribution in [2.45, 2.75) is 6.42 Å². The van der Waals surface area contributed by atoms with Crippen molar-refractivity contribution in [2.75, 3.05) is 25.7 Å². The second-order valence-corrected chi connectivity index (χ2v) is 3.70. The molecule has 0 saturated carbocycles. The minimum Gasteiger partial charge on any atom is -0.385 e. The predicted octanol–water partition coefficient (Wildman–Crippen LogP) is 0.787. The normalized spacial score (nSPS) is 10.1. The monoisotopic (exact) mass is 258 g/mol. The second kappa shape index (κ2) is 7.05. The highest BCUT2D eigenvalue weighted by Crippen LogP contribution is 2.13. The molecule has 94 valence electrons. The molecule has 0 aromatic carbocycles. The number of hydrogen-bond donors (Lipinski definition) is 3. The summed E-state index contributed by atoms with van der Waals surface area (Å²) >= 11 is 5.75. The number of hydrogen-bond acceptors (Lipinski definition) is 5. The molecule has 0 saturated heterocycles. The quantitative estimate of drug-likeness (QED) is 0.304. The Hall–Kier alpha value is -1.37. The lowest BCUT2D eigenvalue weighted by molar-refractivity contribution is 0.0948. The van der Waals surface area contributed by atoms with Crippen LogP contribution < -0.4 is 16.6 Å². The Balaban J connectivity index is 2.59. The van der Waals surface area contributed by atoms with Gasteiger partial charge in [0, 0.05) is 25.8 Å². The molecule has 0 atom stereocenters. The fourth-order valence-corrected chi connectivity index (χ4v) is 1.43. The number of hydrazine groups is 1. The molecule has 17 heavy (non-hydrogen) atoms. The number of pyridine rings is 1. The number of halogens is 1. The van der Waals surface area contributed by atoms with Crippen molar-refractivity contribution in [3.05, 3.63) is 22.8 Å². The molecule has 6 nitrogen and oxygen atoms in total. The first kappa shape index (κ1) is 13.7. The van der Waals surface area contributed by atoms with Gasteiger partial charge in [0.2, 0.25) is 0 Å². The second-order valence-electron chi connectivity index (χ2n) is 3.31. The lowest BCUT2D eigenvalue weighted by Crippen LogP contribution is -2.25. The van der Waals surface area contributed by atoms with Crippen LogP contribution in [0.1, 0.15) is 16.8 Å². The van der Waals surface area contributed by atoms with Crippen LogP contribution in [0, 0.1) is 0 Å². The maximum atomic E-state index is 11.7. The molecule has 4 N–H and O–H groups in total. The molecule has 1 aromatic heterocycles. The molecule has 1 rings (SSSR count). The molecule has 0 fully saturated rings. The van der Waals surface area contributed by atoms with Crippen molar-refractivity contribution in [1.82, 2.24) is 10.3 Å². The van der Waals surface area contributed by atoms with Crippen molar-refractivity contribution >= 4 is 23.3 Å². The third kappa shape index (κ3) is 4.56. The zero-order chi connectivity index (χ0) is 12.7. The van der Waals surface area contributed by atoms with Gasteiger partial charge in [-0.3, -0.25) is 4.79 Å². The maximum Gasteiger partial charge on any atom is 0.251 e. The fourth-order valence-electron chi connectivity index (χ4n) is 1.22. The summed E-state index contributed by atoms with van der Waals surface area (Å²) in [5, 5.41) is 2.95. The van der Waals surface area contributed by atoms with E-state index in [2.05, 4.69) is 15.7 Å². The predicted molar refractivity (Wildman–Crippen MR) is 65.9 cm³/mol. The third-order valence-corrected chi connectivity index (χ3v) is 2.21. The minimum atomic E-state index is -0.220. The largest absolute Gasteiger partial charge is 0.385 e. The third-order valence-electron chi connectivity index (χ3n) is 2.01. The number of methoxy groups -OCH3 is 1. The summed E-state index contributed by atoms with van der Waals surface area (Å²) in [4.78, 5) is 15.6. The molecule has 1 aromatic rings. The van der Waals surface area contributed by atoms with E-state index in [9.17, 15) is 4.79 Å². The Labute approximate surface area is 104 Å². The first-order valence-electron chi connectivity index (χ1n) is 5.08. The van der Waals surface area contributed by atoms with Gasteiger partial charge in [0.15, 0.2) is 0 Å². The van der Waals surface area contributed by atoms with Crippen LogP contribution in [0.25, 0.3) is 0 Å². The van der Waals surface area contributed by atoms with Crippen LogP contribution in [0.15, 0.2) is 12.1 Å². The van der Waals surface area contributed by atoms with Gasteiger partial charge in [-0.15, -0.1) is 0 Å². The van der Waals surface area contributed by atoms with Gasteiger partial charge in [0.1, 0.15) is 11.0 Å². The molecule has 0 bridgehead atoms. The lowest BCUT2D eigenvalue weighted by atomic mass is 10.2. The molecule has 0 unspecified atom stereocenters. The molecular weight excluding hydrogens is 244 g/mol. The van der Waals surface area contributed by atoms with E-state index < -0.39 is 0 Å². The number of nitrogen functional groups attached to an aromatic ring is 1. The zero-order valence-electron chi connectivity index (χ0n) is 9.50. The van der Waals surface area contributed by atoms with E-state index in [4.69, 9.17) is 22.2 Å². The summed E-state index contributed by atoms with van der Waals surface area (Å²) in [6, 6.07) is 3.01. The number of ether oxygens (including phenoxy) is 1. The smallest absolute Gasteiger partial charge is 0.251 e. The van der Waals surface area contributed by atoms with Crippen molar-refractivity contribution in [2.24, 2.45) is 5.84 Å². The number of carbonyl (C=O) groups is 1. The van der Waals surface area contributed by atoms with Crippen LogP contribution in [0.3, 0.4) is 0 Å². The van der Waals surface area contributed by atoms with Gasteiger partial charge in [-0.05, 0) is 18.6 Å². The van der Waals surface area contributed by atoms with Crippen LogP contribution in [-0.2, 0) is 4.74 Å². The fraction of sp³-hybridized carbons (Fsp3) is 0.400. The van der Waals surface area contributed by atoms with E-state index >= 15 is 0 Å². The molecule has 0 aliphatic rings.